The molecule has 0 aliphatic heterocycles. The first-order valence-electron chi connectivity index (χ1n) is 6.94. The van der Waals surface area contributed by atoms with Gasteiger partial charge in [-0.15, -0.1) is 0 Å². The van der Waals surface area contributed by atoms with E-state index in [0.717, 1.165) is 19.3 Å². The molecular weight excluding hydrogens is 246 g/mol. The first kappa shape index (κ1) is 14.3. The number of amides is 1. The predicted octanol–water partition coefficient (Wildman–Crippen LogP) is 1.56. The molecule has 2 N–H and O–H groups in total. The van der Waals surface area contributed by atoms with Gasteiger partial charge in [-0.2, -0.15) is 0 Å². The zero-order valence-electron chi connectivity index (χ0n) is 11.7. The number of methoxy groups -OCH3 is 1. The number of hydrogen-bond donors (Lipinski definition) is 2. The molecule has 19 heavy (non-hydrogen) atoms. The van der Waals surface area contributed by atoms with Crippen LogP contribution < -0.4 is 5.32 Å². The van der Waals surface area contributed by atoms with E-state index >= 15 is 0 Å². The van der Waals surface area contributed by atoms with Gasteiger partial charge in [-0.1, -0.05) is 12.8 Å². The second kappa shape index (κ2) is 5.12. The summed E-state index contributed by atoms with van der Waals surface area (Å²) < 4.78 is 5.05. The average molecular weight is 269 g/mol. The molecule has 0 heterocycles. The normalized spacial score (nSPS) is 26.9. The monoisotopic (exact) mass is 269 g/mol. The van der Waals surface area contributed by atoms with E-state index in [0.29, 0.717) is 0 Å². The summed E-state index contributed by atoms with van der Waals surface area (Å²) in [6.07, 6.45) is 5.57. The van der Waals surface area contributed by atoms with Gasteiger partial charge in [0.2, 0.25) is 5.91 Å². The van der Waals surface area contributed by atoms with E-state index in [4.69, 9.17) is 9.84 Å². The van der Waals surface area contributed by atoms with E-state index in [1.165, 1.54) is 20.0 Å². The van der Waals surface area contributed by atoms with Gasteiger partial charge in [-0.3, -0.25) is 9.59 Å². The lowest BCUT2D eigenvalue weighted by Gasteiger charge is -2.29. The lowest BCUT2D eigenvalue weighted by molar-refractivity contribution is -0.139. The quantitative estimate of drug-likeness (QED) is 0.767. The lowest BCUT2D eigenvalue weighted by atomic mass is 9.97. The molecule has 0 bridgehead atoms. The second-order valence-electron chi connectivity index (χ2n) is 6.38. The molecular formula is C14H23NO4. The summed E-state index contributed by atoms with van der Waals surface area (Å²) >= 11 is 0. The summed E-state index contributed by atoms with van der Waals surface area (Å²) in [6, 6.07) is 0. The van der Waals surface area contributed by atoms with Crippen LogP contribution in [-0.4, -0.2) is 36.2 Å². The molecule has 2 unspecified atom stereocenters. The van der Waals surface area contributed by atoms with Crippen molar-refractivity contribution in [2.24, 2.45) is 11.3 Å². The molecule has 5 heteroatoms. The minimum atomic E-state index is -0.925. The van der Waals surface area contributed by atoms with E-state index in [1.54, 1.807) is 6.92 Å². The van der Waals surface area contributed by atoms with Crippen LogP contribution in [0, 0.1) is 11.3 Å². The minimum absolute atomic E-state index is 0.00250. The van der Waals surface area contributed by atoms with E-state index in [9.17, 15) is 9.59 Å². The van der Waals surface area contributed by atoms with E-state index in [2.05, 4.69) is 5.32 Å². The highest BCUT2D eigenvalue weighted by molar-refractivity contribution is 5.84. The first-order valence-corrected chi connectivity index (χ1v) is 6.94. The number of aliphatic carboxylic acids is 1. The highest BCUT2D eigenvalue weighted by atomic mass is 16.5. The van der Waals surface area contributed by atoms with Crippen LogP contribution in [0.15, 0.2) is 0 Å². The van der Waals surface area contributed by atoms with Gasteiger partial charge in [0.05, 0.1) is 18.6 Å². The Balaban J connectivity index is 1.94. The highest BCUT2D eigenvalue weighted by Gasteiger charge is 2.59. The van der Waals surface area contributed by atoms with Crippen LogP contribution in [0.5, 0.6) is 0 Å². The van der Waals surface area contributed by atoms with Crippen LogP contribution in [0.1, 0.15) is 45.4 Å². The Hall–Kier alpha value is -1.10. The molecule has 2 aliphatic rings. The summed E-state index contributed by atoms with van der Waals surface area (Å²) in [6.45, 7) is 1.94. The fraction of sp³-hybridized carbons (Fsp3) is 0.857. The van der Waals surface area contributed by atoms with Crippen LogP contribution in [0.2, 0.25) is 0 Å². The molecule has 0 aromatic carbocycles. The Morgan fingerprint density at radius 1 is 1.42 bits per heavy atom. The summed E-state index contributed by atoms with van der Waals surface area (Å²) in [7, 11) is 1.52. The van der Waals surface area contributed by atoms with Crippen molar-refractivity contribution in [3.8, 4) is 0 Å². The average Bonchev–Trinajstić information content (AvgIpc) is 2.76. The molecule has 1 amide bonds. The second-order valence-corrected chi connectivity index (χ2v) is 6.38. The summed E-state index contributed by atoms with van der Waals surface area (Å²) in [5, 5.41) is 11.8. The zero-order chi connectivity index (χ0) is 14.1. The Bertz CT molecular complexity index is 376. The zero-order valence-corrected chi connectivity index (χ0v) is 11.7. The maximum absolute atomic E-state index is 12.3. The Morgan fingerprint density at radius 2 is 2.05 bits per heavy atom. The summed E-state index contributed by atoms with van der Waals surface area (Å²) in [5.74, 6) is -0.839. The maximum Gasteiger partial charge on any atom is 0.305 e. The van der Waals surface area contributed by atoms with Gasteiger partial charge in [0, 0.05) is 13.0 Å². The van der Waals surface area contributed by atoms with Gasteiger partial charge in [0.15, 0.2) is 0 Å². The van der Waals surface area contributed by atoms with E-state index < -0.39 is 11.5 Å². The SMILES string of the molecule is COCC(C)(CC(=O)O)NC(=O)C1CC12CCCC2. The number of carboxylic acids is 1. The van der Waals surface area contributed by atoms with E-state index in [1.807, 2.05) is 0 Å². The largest absolute Gasteiger partial charge is 0.481 e. The number of carbonyl (C=O) groups excluding carboxylic acids is 1. The summed E-state index contributed by atoms with van der Waals surface area (Å²) in [5.41, 5.74) is -0.582. The van der Waals surface area contributed by atoms with Gasteiger partial charge in [-0.05, 0) is 31.6 Å². The van der Waals surface area contributed by atoms with E-state index in [-0.39, 0.29) is 30.3 Å². The van der Waals surface area contributed by atoms with Crippen LogP contribution >= 0.6 is 0 Å². The first-order chi connectivity index (χ1) is 8.91. The van der Waals surface area contributed by atoms with Crippen molar-refractivity contribution in [2.45, 2.75) is 51.0 Å². The minimum Gasteiger partial charge on any atom is -0.481 e. The number of carbonyl (C=O) groups is 2. The fourth-order valence-electron chi connectivity index (χ4n) is 3.52. The van der Waals surface area contributed by atoms with Crippen molar-refractivity contribution >= 4 is 11.9 Å². The highest BCUT2D eigenvalue weighted by Crippen LogP contribution is 2.62. The Kier molecular flexibility index (Phi) is 3.85. The molecule has 0 aromatic rings. The topological polar surface area (TPSA) is 75.6 Å². The number of nitrogens with one attached hydrogen (secondary N) is 1. The third kappa shape index (κ3) is 3.08. The summed E-state index contributed by atoms with van der Waals surface area (Å²) in [4.78, 5) is 23.2. The number of ether oxygens (including phenoxy) is 1. The molecule has 0 saturated heterocycles. The molecule has 1 spiro atoms. The number of carboxylic acid groups (broad SMARTS) is 1. The van der Waals surface area contributed by atoms with Gasteiger partial charge >= 0.3 is 5.97 Å². The Labute approximate surface area is 113 Å². The fourth-order valence-corrected chi connectivity index (χ4v) is 3.52. The van der Waals surface area contributed by atoms with Crippen molar-refractivity contribution in [1.29, 1.82) is 0 Å². The lowest BCUT2D eigenvalue weighted by Crippen LogP contribution is -2.51. The van der Waals surface area contributed by atoms with Crippen molar-refractivity contribution < 1.29 is 19.4 Å². The molecule has 2 saturated carbocycles. The van der Waals surface area contributed by atoms with Crippen molar-refractivity contribution in [3.63, 3.8) is 0 Å². The molecule has 108 valence electrons. The van der Waals surface area contributed by atoms with Crippen LogP contribution in [0.4, 0.5) is 0 Å². The molecule has 5 nitrogen and oxygen atoms in total. The van der Waals surface area contributed by atoms with Crippen LogP contribution in [0.25, 0.3) is 0 Å². The number of rotatable bonds is 6. The molecule has 2 fully saturated rings. The smallest absolute Gasteiger partial charge is 0.305 e. The number of hydrogen-bond acceptors (Lipinski definition) is 3. The van der Waals surface area contributed by atoms with Gasteiger partial charge in [0.1, 0.15) is 0 Å². The van der Waals surface area contributed by atoms with Crippen LogP contribution in [-0.2, 0) is 14.3 Å². The standard InChI is InChI=1S/C14H23NO4/c1-13(9-19-2,8-11(16)17)15-12(18)10-7-14(10)5-3-4-6-14/h10H,3-9H2,1-2H3,(H,15,18)(H,16,17). The molecule has 0 aromatic heterocycles. The van der Waals surface area contributed by atoms with Crippen LogP contribution in [0.3, 0.4) is 0 Å². The third-order valence-corrected chi connectivity index (χ3v) is 4.53. The maximum atomic E-state index is 12.3. The van der Waals surface area contributed by atoms with Crippen molar-refractivity contribution in [1.82, 2.24) is 5.32 Å². The molecule has 2 atom stereocenters. The molecule has 2 rings (SSSR count). The Morgan fingerprint density at radius 3 is 2.58 bits per heavy atom. The third-order valence-electron chi connectivity index (χ3n) is 4.53. The van der Waals surface area contributed by atoms with Gasteiger partial charge < -0.3 is 15.2 Å². The van der Waals surface area contributed by atoms with Crippen molar-refractivity contribution in [3.05, 3.63) is 0 Å². The van der Waals surface area contributed by atoms with Gasteiger partial charge in [0.25, 0.3) is 0 Å². The van der Waals surface area contributed by atoms with Gasteiger partial charge in [-0.25, -0.2) is 0 Å². The van der Waals surface area contributed by atoms with Crippen molar-refractivity contribution in [2.75, 3.05) is 13.7 Å². The molecule has 2 aliphatic carbocycles. The molecule has 0 radical (unpaired) electrons. The predicted molar refractivity (Wildman–Crippen MR) is 69.7 cm³/mol.